The van der Waals surface area contributed by atoms with E-state index in [1.807, 2.05) is 0 Å². The van der Waals surface area contributed by atoms with Crippen molar-refractivity contribution >= 4 is 57.4 Å². The number of ether oxygens (including phenoxy) is 1. The highest BCUT2D eigenvalue weighted by Gasteiger charge is 2.21. The molecule has 0 spiro atoms. The largest absolute Gasteiger partial charge is 0.451 e. The van der Waals surface area contributed by atoms with Gasteiger partial charge in [-0.25, -0.2) is 4.68 Å². The number of anilines is 1. The molecule has 3 aromatic rings. The van der Waals surface area contributed by atoms with E-state index < -0.39 is 36.0 Å². The molecule has 1 aromatic heterocycles. The van der Waals surface area contributed by atoms with Crippen LogP contribution in [0.4, 0.5) is 5.69 Å². The number of carbonyl (C=O) groups excluding carboxylic acids is 3. The molecule has 0 saturated carbocycles. The Morgan fingerprint density at radius 2 is 1.84 bits per heavy atom. The summed E-state index contributed by atoms with van der Waals surface area (Å²) in [4.78, 5) is 48.9. The molecule has 31 heavy (non-hydrogen) atoms. The maximum absolute atomic E-state index is 12.6. The zero-order valence-electron chi connectivity index (χ0n) is 16.1. The standard InChI is InChI=1S/C20H16Cl2N4O5/c1-10(19(29)24-15-8-11(21)6-7-14(15)22)31-16(27)9-26-20(30)13-5-3-2-4-12(13)17(25-26)18(23)28/h2-8,10H,9H2,1H3,(H2,23,28)(H,24,29). The molecule has 2 amide bonds. The Morgan fingerprint density at radius 1 is 1.16 bits per heavy atom. The van der Waals surface area contributed by atoms with E-state index in [0.717, 1.165) is 4.68 Å². The van der Waals surface area contributed by atoms with Gasteiger partial charge in [-0.1, -0.05) is 41.4 Å². The van der Waals surface area contributed by atoms with Crippen LogP contribution in [0, 0.1) is 0 Å². The van der Waals surface area contributed by atoms with Crippen LogP contribution in [0.25, 0.3) is 10.8 Å². The van der Waals surface area contributed by atoms with E-state index >= 15 is 0 Å². The molecule has 9 nitrogen and oxygen atoms in total. The van der Waals surface area contributed by atoms with Gasteiger partial charge in [0.15, 0.2) is 11.8 Å². The smallest absolute Gasteiger partial charge is 0.328 e. The predicted molar refractivity (Wildman–Crippen MR) is 115 cm³/mol. The summed E-state index contributed by atoms with van der Waals surface area (Å²) in [5, 5.41) is 7.43. The summed E-state index contributed by atoms with van der Waals surface area (Å²) in [5.74, 6) is -2.43. The summed E-state index contributed by atoms with van der Waals surface area (Å²) in [6.07, 6.45) is -1.21. The predicted octanol–water partition coefficient (Wildman–Crippen LogP) is 2.37. The Hall–Kier alpha value is -3.43. The number of halogens is 2. The van der Waals surface area contributed by atoms with Crippen molar-refractivity contribution in [3.8, 4) is 0 Å². The molecule has 0 aliphatic rings. The maximum Gasteiger partial charge on any atom is 0.328 e. The number of hydrogen-bond donors (Lipinski definition) is 2. The number of hydrogen-bond acceptors (Lipinski definition) is 6. The second kappa shape index (κ2) is 9.15. The van der Waals surface area contributed by atoms with Gasteiger partial charge in [-0.15, -0.1) is 0 Å². The van der Waals surface area contributed by atoms with Crippen LogP contribution < -0.4 is 16.6 Å². The first-order valence-corrected chi connectivity index (χ1v) is 9.68. The fraction of sp³-hybridized carbons (Fsp3) is 0.150. The number of aromatic nitrogens is 2. The van der Waals surface area contributed by atoms with E-state index in [2.05, 4.69) is 10.4 Å². The van der Waals surface area contributed by atoms with Crippen LogP contribution in [-0.4, -0.2) is 33.7 Å². The van der Waals surface area contributed by atoms with E-state index in [1.54, 1.807) is 18.2 Å². The molecule has 3 N–H and O–H groups in total. The van der Waals surface area contributed by atoms with Crippen LogP contribution in [0.15, 0.2) is 47.3 Å². The molecule has 2 aromatic carbocycles. The maximum atomic E-state index is 12.6. The minimum Gasteiger partial charge on any atom is -0.451 e. The minimum absolute atomic E-state index is 0.163. The second-order valence-corrected chi connectivity index (χ2v) is 7.31. The van der Waals surface area contributed by atoms with Crippen LogP contribution in [0.5, 0.6) is 0 Å². The van der Waals surface area contributed by atoms with E-state index in [-0.39, 0.29) is 27.2 Å². The van der Waals surface area contributed by atoms with Gasteiger partial charge < -0.3 is 15.8 Å². The van der Waals surface area contributed by atoms with Crippen molar-refractivity contribution in [1.82, 2.24) is 9.78 Å². The molecule has 160 valence electrons. The van der Waals surface area contributed by atoms with Crippen molar-refractivity contribution in [1.29, 1.82) is 0 Å². The monoisotopic (exact) mass is 462 g/mol. The summed E-state index contributed by atoms with van der Waals surface area (Å²) < 4.78 is 5.85. The molecule has 0 saturated heterocycles. The van der Waals surface area contributed by atoms with Crippen LogP contribution in [0.3, 0.4) is 0 Å². The average molecular weight is 463 g/mol. The Bertz CT molecular complexity index is 1260. The highest BCUT2D eigenvalue weighted by Crippen LogP contribution is 2.25. The molecule has 11 heteroatoms. The minimum atomic E-state index is -1.21. The van der Waals surface area contributed by atoms with Gasteiger partial charge in [0.2, 0.25) is 0 Å². The Labute approximate surface area is 185 Å². The van der Waals surface area contributed by atoms with E-state index in [1.165, 1.54) is 31.2 Å². The van der Waals surface area contributed by atoms with Crippen LogP contribution in [0.1, 0.15) is 17.4 Å². The molecule has 1 atom stereocenters. The average Bonchev–Trinajstić information content (AvgIpc) is 2.72. The number of nitrogens with one attached hydrogen (secondary N) is 1. The number of esters is 1. The summed E-state index contributed by atoms with van der Waals surface area (Å²) in [6, 6.07) is 10.7. The number of benzene rings is 2. The lowest BCUT2D eigenvalue weighted by Gasteiger charge is -2.15. The van der Waals surface area contributed by atoms with Crippen LogP contribution in [0.2, 0.25) is 10.0 Å². The third-order valence-electron chi connectivity index (χ3n) is 4.24. The Morgan fingerprint density at radius 3 is 2.52 bits per heavy atom. The van der Waals surface area contributed by atoms with Crippen LogP contribution in [-0.2, 0) is 20.9 Å². The van der Waals surface area contributed by atoms with Gasteiger partial charge in [0.1, 0.15) is 6.54 Å². The first-order valence-electron chi connectivity index (χ1n) is 8.92. The third-order valence-corrected chi connectivity index (χ3v) is 4.81. The van der Waals surface area contributed by atoms with Crippen molar-refractivity contribution in [3.05, 3.63) is 68.6 Å². The van der Waals surface area contributed by atoms with Crippen molar-refractivity contribution in [2.75, 3.05) is 5.32 Å². The summed E-state index contributed by atoms with van der Waals surface area (Å²) >= 11 is 11.9. The van der Waals surface area contributed by atoms with Crippen molar-refractivity contribution < 1.29 is 19.1 Å². The Balaban J connectivity index is 1.76. The zero-order valence-corrected chi connectivity index (χ0v) is 17.6. The van der Waals surface area contributed by atoms with Gasteiger partial charge in [0.05, 0.1) is 16.1 Å². The van der Waals surface area contributed by atoms with Gasteiger partial charge in [-0.05, 0) is 31.2 Å². The number of rotatable bonds is 6. The number of amides is 2. The Kier molecular flexibility index (Phi) is 6.57. The van der Waals surface area contributed by atoms with Gasteiger partial charge >= 0.3 is 5.97 Å². The number of fused-ring (bicyclic) bond motifs is 1. The van der Waals surface area contributed by atoms with E-state index in [9.17, 15) is 19.2 Å². The third kappa shape index (κ3) is 5.01. The molecule has 3 rings (SSSR count). The molecule has 1 heterocycles. The van der Waals surface area contributed by atoms with E-state index in [0.29, 0.717) is 5.02 Å². The van der Waals surface area contributed by atoms with Crippen molar-refractivity contribution in [3.63, 3.8) is 0 Å². The topological polar surface area (TPSA) is 133 Å². The van der Waals surface area contributed by atoms with Gasteiger partial charge in [0, 0.05) is 10.4 Å². The molecular formula is C20H16Cl2N4O5. The molecule has 0 radical (unpaired) electrons. The fourth-order valence-electron chi connectivity index (χ4n) is 2.76. The first-order chi connectivity index (χ1) is 14.7. The fourth-order valence-corrected chi connectivity index (χ4v) is 3.10. The zero-order chi connectivity index (χ0) is 22.7. The highest BCUT2D eigenvalue weighted by molar-refractivity contribution is 6.35. The molecule has 0 fully saturated rings. The molecule has 0 aliphatic carbocycles. The molecule has 1 unspecified atom stereocenters. The SMILES string of the molecule is CC(OC(=O)Cn1nc(C(N)=O)c2ccccc2c1=O)C(=O)Nc1cc(Cl)ccc1Cl. The molecule has 0 bridgehead atoms. The first kappa shape index (κ1) is 22.3. The second-order valence-electron chi connectivity index (χ2n) is 6.47. The van der Waals surface area contributed by atoms with Crippen molar-refractivity contribution in [2.24, 2.45) is 5.73 Å². The number of nitrogens with two attached hydrogens (primary N) is 1. The quantitative estimate of drug-likeness (QED) is 0.540. The van der Waals surface area contributed by atoms with Gasteiger partial charge in [0.25, 0.3) is 17.4 Å². The number of carbonyl (C=O) groups is 3. The van der Waals surface area contributed by atoms with Crippen molar-refractivity contribution in [2.45, 2.75) is 19.6 Å². The number of nitrogens with zero attached hydrogens (tertiary/aromatic N) is 2. The van der Waals surface area contributed by atoms with Crippen LogP contribution >= 0.6 is 23.2 Å². The lowest BCUT2D eigenvalue weighted by Crippen LogP contribution is -2.35. The number of primary amides is 1. The molecule has 0 aliphatic heterocycles. The molecular weight excluding hydrogens is 447 g/mol. The normalized spacial score (nSPS) is 11.7. The lowest BCUT2D eigenvalue weighted by molar-refractivity contribution is -0.154. The summed E-state index contributed by atoms with van der Waals surface area (Å²) in [5.41, 5.74) is 4.82. The van der Waals surface area contributed by atoms with Gasteiger partial charge in [-0.3, -0.25) is 19.2 Å². The lowest BCUT2D eigenvalue weighted by atomic mass is 10.1. The summed E-state index contributed by atoms with van der Waals surface area (Å²) in [6.45, 7) is 0.719. The highest BCUT2D eigenvalue weighted by atomic mass is 35.5. The van der Waals surface area contributed by atoms with E-state index in [4.69, 9.17) is 33.7 Å². The van der Waals surface area contributed by atoms with Gasteiger partial charge in [-0.2, -0.15) is 5.10 Å². The summed E-state index contributed by atoms with van der Waals surface area (Å²) in [7, 11) is 0.